The summed E-state index contributed by atoms with van der Waals surface area (Å²) in [5.74, 6) is -0.451. The van der Waals surface area contributed by atoms with Gasteiger partial charge in [-0.05, 0) is 6.92 Å². The molecule has 0 aliphatic carbocycles. The summed E-state index contributed by atoms with van der Waals surface area (Å²) in [4.78, 5) is 21.1. The molecule has 0 aromatic heterocycles. The second-order valence-electron chi connectivity index (χ2n) is 2.38. The maximum absolute atomic E-state index is 10.6. The second kappa shape index (κ2) is 4.71. The van der Waals surface area contributed by atoms with Gasteiger partial charge in [0.25, 0.3) is 0 Å². The van der Waals surface area contributed by atoms with Gasteiger partial charge in [0.2, 0.25) is 5.91 Å². The van der Waals surface area contributed by atoms with Crippen LogP contribution in [0, 0.1) is 0 Å². The Morgan fingerprint density at radius 1 is 1.55 bits per heavy atom. The minimum atomic E-state index is -0.314. The van der Waals surface area contributed by atoms with Crippen LogP contribution in [0.5, 0.6) is 0 Å². The van der Waals surface area contributed by atoms with Crippen molar-refractivity contribution in [3.8, 4) is 0 Å². The molecule has 0 aromatic rings. The lowest BCUT2D eigenvalue weighted by molar-refractivity contribution is -0.141. The van der Waals surface area contributed by atoms with Crippen LogP contribution < -0.4 is 5.32 Å². The molecule has 0 fully saturated rings. The van der Waals surface area contributed by atoms with Gasteiger partial charge >= 0.3 is 5.97 Å². The fourth-order valence-electron chi connectivity index (χ4n) is 0.731. The van der Waals surface area contributed by atoms with Gasteiger partial charge in [0.05, 0.1) is 13.5 Å². The number of carbonyl (C=O) groups excluding carboxylic acids is 2. The highest BCUT2D eigenvalue weighted by atomic mass is 16.5. The third kappa shape index (κ3) is 5.39. The van der Waals surface area contributed by atoms with Gasteiger partial charge in [0.1, 0.15) is 0 Å². The molecule has 0 spiro atoms. The van der Waals surface area contributed by atoms with Crippen LogP contribution in [0.2, 0.25) is 0 Å². The van der Waals surface area contributed by atoms with Crippen molar-refractivity contribution in [3.05, 3.63) is 0 Å². The molecule has 4 heteroatoms. The molecule has 0 saturated heterocycles. The molecule has 0 saturated carbocycles. The highest BCUT2D eigenvalue weighted by molar-refractivity contribution is 5.75. The number of carbonyl (C=O) groups is 2. The molecular formula is C7H13NO3. The van der Waals surface area contributed by atoms with Crippen molar-refractivity contribution in [1.82, 2.24) is 5.32 Å². The zero-order valence-corrected chi connectivity index (χ0v) is 7.01. The van der Waals surface area contributed by atoms with E-state index < -0.39 is 0 Å². The third-order valence-corrected chi connectivity index (χ3v) is 1.15. The minimum Gasteiger partial charge on any atom is -0.469 e. The normalized spacial score (nSPS) is 11.9. The van der Waals surface area contributed by atoms with Crippen molar-refractivity contribution >= 4 is 11.9 Å². The predicted octanol–water partition coefficient (Wildman–Crippen LogP) is 0.0741. The lowest BCUT2D eigenvalue weighted by Crippen LogP contribution is -2.32. The number of hydrogen-bond donors (Lipinski definition) is 1. The summed E-state index contributed by atoms with van der Waals surface area (Å²) in [5, 5.41) is 2.57. The first-order valence-electron chi connectivity index (χ1n) is 3.40. The molecule has 0 heterocycles. The second-order valence-corrected chi connectivity index (χ2v) is 2.38. The Morgan fingerprint density at radius 2 is 2.09 bits per heavy atom. The van der Waals surface area contributed by atoms with Gasteiger partial charge in [0, 0.05) is 13.0 Å². The molecule has 0 aliphatic heterocycles. The van der Waals surface area contributed by atoms with Gasteiger partial charge in [0.15, 0.2) is 0 Å². The summed E-state index contributed by atoms with van der Waals surface area (Å²) < 4.78 is 4.41. The Kier molecular flexibility index (Phi) is 4.26. The quantitative estimate of drug-likeness (QED) is 0.593. The molecule has 0 aliphatic rings. The lowest BCUT2D eigenvalue weighted by Gasteiger charge is -2.09. The van der Waals surface area contributed by atoms with Crippen molar-refractivity contribution in [2.45, 2.75) is 26.3 Å². The molecule has 0 rings (SSSR count). The third-order valence-electron chi connectivity index (χ3n) is 1.15. The Labute approximate surface area is 65.9 Å². The van der Waals surface area contributed by atoms with Crippen molar-refractivity contribution in [2.75, 3.05) is 7.11 Å². The standard InChI is InChI=1S/C7H13NO3/c1-5(8-6(2)9)4-7(10)11-3/h5H,4H2,1-3H3,(H,8,9). The molecule has 1 atom stereocenters. The Balaban J connectivity index is 3.60. The molecule has 0 radical (unpaired) electrons. The summed E-state index contributed by atoms with van der Waals surface area (Å²) >= 11 is 0. The average Bonchev–Trinajstić information content (AvgIpc) is 1.85. The van der Waals surface area contributed by atoms with Gasteiger partial charge in [-0.25, -0.2) is 0 Å². The molecule has 0 bridgehead atoms. The number of methoxy groups -OCH3 is 1. The van der Waals surface area contributed by atoms with Gasteiger partial charge in [-0.2, -0.15) is 0 Å². The zero-order chi connectivity index (χ0) is 8.85. The van der Waals surface area contributed by atoms with E-state index in [1.54, 1.807) is 6.92 Å². The Morgan fingerprint density at radius 3 is 2.45 bits per heavy atom. The number of ether oxygens (including phenoxy) is 1. The van der Waals surface area contributed by atoms with Crippen LogP contribution in [0.4, 0.5) is 0 Å². The van der Waals surface area contributed by atoms with Crippen molar-refractivity contribution in [3.63, 3.8) is 0 Å². The highest BCUT2D eigenvalue weighted by Gasteiger charge is 2.08. The van der Waals surface area contributed by atoms with Crippen LogP contribution >= 0.6 is 0 Å². The number of amides is 1. The molecule has 1 N–H and O–H groups in total. The van der Waals surface area contributed by atoms with E-state index in [1.807, 2.05) is 0 Å². The summed E-state index contributed by atoms with van der Waals surface area (Å²) in [6.07, 6.45) is 0.218. The van der Waals surface area contributed by atoms with Crippen molar-refractivity contribution in [2.24, 2.45) is 0 Å². The summed E-state index contributed by atoms with van der Waals surface area (Å²) in [6, 6.07) is -0.153. The summed E-state index contributed by atoms with van der Waals surface area (Å²) in [7, 11) is 1.32. The molecule has 1 amide bonds. The zero-order valence-electron chi connectivity index (χ0n) is 7.01. The van der Waals surface area contributed by atoms with Gasteiger partial charge in [-0.15, -0.1) is 0 Å². The van der Waals surface area contributed by atoms with E-state index in [4.69, 9.17) is 0 Å². The van der Waals surface area contributed by atoms with Crippen LogP contribution in [0.1, 0.15) is 20.3 Å². The molecule has 4 nitrogen and oxygen atoms in total. The van der Waals surface area contributed by atoms with Crippen molar-refractivity contribution < 1.29 is 14.3 Å². The van der Waals surface area contributed by atoms with Crippen LogP contribution in [0.3, 0.4) is 0 Å². The number of rotatable bonds is 3. The van der Waals surface area contributed by atoms with E-state index in [2.05, 4.69) is 10.1 Å². The predicted molar refractivity (Wildman–Crippen MR) is 39.9 cm³/mol. The van der Waals surface area contributed by atoms with E-state index >= 15 is 0 Å². The fraction of sp³-hybridized carbons (Fsp3) is 0.714. The van der Waals surface area contributed by atoms with Crippen LogP contribution in [-0.2, 0) is 14.3 Å². The lowest BCUT2D eigenvalue weighted by atomic mass is 10.2. The van der Waals surface area contributed by atoms with Crippen LogP contribution in [0.25, 0.3) is 0 Å². The molecular weight excluding hydrogens is 146 g/mol. The molecule has 11 heavy (non-hydrogen) atoms. The first-order valence-corrected chi connectivity index (χ1v) is 3.40. The van der Waals surface area contributed by atoms with Crippen LogP contribution in [-0.4, -0.2) is 25.0 Å². The van der Waals surface area contributed by atoms with Gasteiger partial charge < -0.3 is 10.1 Å². The topological polar surface area (TPSA) is 55.4 Å². The Bertz CT molecular complexity index is 156. The first-order chi connectivity index (χ1) is 5.06. The summed E-state index contributed by atoms with van der Waals surface area (Å²) in [6.45, 7) is 3.16. The van der Waals surface area contributed by atoms with Crippen LogP contribution in [0.15, 0.2) is 0 Å². The first kappa shape index (κ1) is 9.94. The molecule has 1 unspecified atom stereocenters. The van der Waals surface area contributed by atoms with Gasteiger partial charge in [-0.3, -0.25) is 9.59 Å². The van der Waals surface area contributed by atoms with Crippen molar-refractivity contribution in [1.29, 1.82) is 0 Å². The fourth-order valence-corrected chi connectivity index (χ4v) is 0.731. The monoisotopic (exact) mass is 159 g/mol. The number of nitrogens with one attached hydrogen (secondary N) is 1. The van der Waals surface area contributed by atoms with E-state index in [0.717, 1.165) is 0 Å². The largest absolute Gasteiger partial charge is 0.469 e. The molecule has 0 aromatic carbocycles. The Hall–Kier alpha value is -1.06. The maximum atomic E-state index is 10.6. The van der Waals surface area contributed by atoms with E-state index in [9.17, 15) is 9.59 Å². The number of esters is 1. The summed E-state index contributed by atoms with van der Waals surface area (Å²) in [5.41, 5.74) is 0. The smallest absolute Gasteiger partial charge is 0.307 e. The van der Waals surface area contributed by atoms with E-state index in [0.29, 0.717) is 0 Å². The average molecular weight is 159 g/mol. The van der Waals surface area contributed by atoms with Gasteiger partial charge in [-0.1, -0.05) is 0 Å². The van der Waals surface area contributed by atoms with E-state index in [-0.39, 0.29) is 24.3 Å². The maximum Gasteiger partial charge on any atom is 0.307 e. The number of hydrogen-bond acceptors (Lipinski definition) is 3. The minimum absolute atomic E-state index is 0.138. The molecule has 64 valence electrons. The SMILES string of the molecule is COC(=O)CC(C)NC(C)=O. The van der Waals surface area contributed by atoms with E-state index in [1.165, 1.54) is 14.0 Å². The highest BCUT2D eigenvalue weighted by Crippen LogP contribution is 1.91.